The smallest absolute Gasteiger partial charge is 0.810 e. The maximum Gasteiger partial charge on any atom is 1.00 e. The van der Waals surface area contributed by atoms with Crippen molar-refractivity contribution < 1.29 is 130 Å². The summed E-state index contributed by atoms with van der Waals surface area (Å²) in [5.41, 5.74) is 2.98. The van der Waals surface area contributed by atoms with E-state index >= 15 is 0 Å². The fourth-order valence-corrected chi connectivity index (χ4v) is 4.71. The second kappa shape index (κ2) is 12.5. The zero-order valence-electron chi connectivity index (χ0n) is 14.7. The third kappa shape index (κ3) is 9.06. The molecule has 26 heavy (non-hydrogen) atoms. The molecule has 2 aromatic carbocycles. The first kappa shape index (κ1) is 27.8. The first-order valence-electron chi connectivity index (χ1n) is 7.30. The fourth-order valence-electron chi connectivity index (χ4n) is 2.45. The molecule has 0 radical (unpaired) electrons. The molecule has 0 aliphatic carbocycles. The first-order chi connectivity index (χ1) is 11.2. The summed E-state index contributed by atoms with van der Waals surface area (Å²) in [5.74, 6) is 0. The van der Waals surface area contributed by atoms with Crippen LogP contribution in [0.4, 0.5) is 0 Å². The quantitative estimate of drug-likeness (QED) is 0.262. The van der Waals surface area contributed by atoms with Gasteiger partial charge < -0.3 is 14.4 Å². The van der Waals surface area contributed by atoms with Crippen LogP contribution in [0.1, 0.15) is 18.4 Å². The van der Waals surface area contributed by atoms with E-state index in [1.807, 2.05) is 54.6 Å². The monoisotopic (exact) mass is 446 g/mol. The maximum absolute atomic E-state index is 11.0. The predicted octanol–water partition coefficient (Wildman–Crippen LogP) is -4.19. The van der Waals surface area contributed by atoms with E-state index in [0.717, 1.165) is 16.7 Å². The van der Waals surface area contributed by atoms with Crippen molar-refractivity contribution in [1.29, 1.82) is 0 Å². The minimum Gasteiger partial charge on any atom is -0.810 e. The Hall–Kier alpha value is 1.77. The molecule has 130 valence electrons. The van der Waals surface area contributed by atoms with Crippen LogP contribution in [0.15, 0.2) is 54.6 Å². The van der Waals surface area contributed by atoms with Gasteiger partial charge in [-0.3, -0.25) is 4.55 Å². The molecule has 0 saturated heterocycles. The van der Waals surface area contributed by atoms with Crippen LogP contribution in [0, 0.1) is 0 Å². The van der Waals surface area contributed by atoms with E-state index in [2.05, 4.69) is 0 Å². The average Bonchev–Trinajstić information content (AvgIpc) is 2.50. The molecule has 2 aromatic rings. The molecule has 0 aromatic heterocycles. The summed E-state index contributed by atoms with van der Waals surface area (Å²) in [6, 6.07) is 17.3. The van der Waals surface area contributed by atoms with Gasteiger partial charge in [0.05, 0.1) is 0 Å². The second-order valence-electron chi connectivity index (χ2n) is 5.46. The molecule has 1 N–H and O–H groups in total. The number of hydrogen-bond acceptors (Lipinski definition) is 5. The molecule has 0 saturated carbocycles. The summed E-state index contributed by atoms with van der Waals surface area (Å²) in [7, 11) is -10.3. The molecule has 0 fully saturated rings. The normalized spacial score (nSPS) is 12.6. The molecule has 10 heteroatoms. The average molecular weight is 447 g/mol. The van der Waals surface area contributed by atoms with E-state index in [9.17, 15) is 22.8 Å². The van der Waals surface area contributed by atoms with Gasteiger partial charge in [-0.25, -0.2) is 0 Å². The molecular formula is C16H17K2O6PS. The molecular weight excluding hydrogens is 429 g/mol. The number of benzene rings is 2. The van der Waals surface area contributed by atoms with Crippen LogP contribution in [-0.4, -0.2) is 18.0 Å². The molecule has 0 amide bonds. The Morgan fingerprint density at radius 3 is 1.88 bits per heavy atom. The SMILES string of the molecule is O=P([O-])([O-])C(CCCc1ccc(-c2ccccc2)cc1)S(=O)(=O)O.[K+].[K+]. The zero-order chi connectivity index (χ0) is 17.8. The van der Waals surface area contributed by atoms with E-state index in [-0.39, 0.29) is 109 Å². The molecule has 0 heterocycles. The molecule has 1 unspecified atom stereocenters. The third-order valence-electron chi connectivity index (χ3n) is 3.67. The summed E-state index contributed by atoms with van der Waals surface area (Å²) in [6.07, 6.45) is 0.133. The topological polar surface area (TPSA) is 118 Å². The molecule has 2 rings (SSSR count). The van der Waals surface area contributed by atoms with Crippen LogP contribution >= 0.6 is 7.60 Å². The van der Waals surface area contributed by atoms with Crippen LogP contribution in [0.3, 0.4) is 0 Å². The van der Waals surface area contributed by atoms with Gasteiger partial charge in [0.2, 0.25) is 0 Å². The Kier molecular flexibility index (Phi) is 13.3. The van der Waals surface area contributed by atoms with Crippen molar-refractivity contribution in [2.24, 2.45) is 0 Å². The van der Waals surface area contributed by atoms with Gasteiger partial charge in [0.25, 0.3) is 10.1 Å². The summed E-state index contributed by atoms with van der Waals surface area (Å²) < 4.78 is 41.8. The molecule has 6 nitrogen and oxygen atoms in total. The largest absolute Gasteiger partial charge is 1.00 e. The van der Waals surface area contributed by atoms with Gasteiger partial charge in [0.15, 0.2) is 0 Å². The number of hydrogen-bond donors (Lipinski definition) is 1. The fraction of sp³-hybridized carbons (Fsp3) is 0.250. The van der Waals surface area contributed by atoms with Crippen LogP contribution in [0.5, 0.6) is 0 Å². The van der Waals surface area contributed by atoms with Crippen molar-refractivity contribution in [1.82, 2.24) is 0 Å². The van der Waals surface area contributed by atoms with Crippen LogP contribution in [0.25, 0.3) is 11.1 Å². The van der Waals surface area contributed by atoms with Crippen LogP contribution < -0.4 is 113 Å². The molecule has 0 spiro atoms. The van der Waals surface area contributed by atoms with Crippen molar-refractivity contribution in [3.63, 3.8) is 0 Å². The molecule has 0 aliphatic heterocycles. The summed E-state index contributed by atoms with van der Waals surface area (Å²) in [5, 5.41) is 0. The molecule has 1 atom stereocenters. The molecule has 0 bridgehead atoms. The van der Waals surface area contributed by atoms with E-state index in [1.165, 1.54) is 0 Å². The standard InChI is InChI=1S/C16H19O6PS.2K/c17-23(18,19)16(24(20,21)22)8-4-5-13-9-11-15(12-10-13)14-6-2-1-3-7-14;;/h1-3,6-7,9-12,16H,4-5,8H2,(H2,17,18,19)(H,20,21,22);;/q;2*+1/p-2. The maximum atomic E-state index is 11.0. The third-order valence-corrected chi connectivity index (χ3v) is 7.13. The number of aryl methyl sites for hydroxylation is 1. The van der Waals surface area contributed by atoms with Gasteiger partial charge in [-0.2, -0.15) is 8.42 Å². The summed E-state index contributed by atoms with van der Waals surface area (Å²) >= 11 is 0. The molecule has 0 aliphatic rings. The Bertz CT molecular complexity index is 822. The van der Waals surface area contributed by atoms with Crippen molar-refractivity contribution in [3.8, 4) is 11.1 Å². The first-order valence-corrected chi connectivity index (χ1v) is 10.4. The van der Waals surface area contributed by atoms with Crippen molar-refractivity contribution in [2.45, 2.75) is 24.3 Å². The Balaban J connectivity index is 0.00000312. The van der Waals surface area contributed by atoms with Gasteiger partial charge >= 0.3 is 103 Å². The Morgan fingerprint density at radius 2 is 1.42 bits per heavy atom. The summed E-state index contributed by atoms with van der Waals surface area (Å²) in [4.78, 5) is 19.6. The van der Waals surface area contributed by atoms with E-state index < -0.39 is 29.1 Å². The minimum absolute atomic E-state index is 0. The second-order valence-corrected chi connectivity index (χ2v) is 9.12. The van der Waals surface area contributed by atoms with Crippen LogP contribution in [0.2, 0.25) is 0 Å². The van der Waals surface area contributed by atoms with Crippen molar-refractivity contribution in [2.75, 3.05) is 0 Å². The van der Waals surface area contributed by atoms with Crippen molar-refractivity contribution in [3.05, 3.63) is 60.2 Å². The van der Waals surface area contributed by atoms with E-state index in [0.29, 0.717) is 6.42 Å². The van der Waals surface area contributed by atoms with Gasteiger partial charge in [0, 0.05) is 0 Å². The van der Waals surface area contributed by atoms with E-state index in [1.54, 1.807) is 0 Å². The predicted molar refractivity (Wildman–Crippen MR) is 87.8 cm³/mol. The van der Waals surface area contributed by atoms with Gasteiger partial charge in [-0.15, -0.1) is 0 Å². The van der Waals surface area contributed by atoms with Gasteiger partial charge in [-0.05, 0) is 43.5 Å². The van der Waals surface area contributed by atoms with E-state index in [4.69, 9.17) is 4.55 Å². The van der Waals surface area contributed by atoms with Crippen molar-refractivity contribution >= 4 is 17.7 Å². The Labute approximate surface area is 238 Å². The Morgan fingerprint density at radius 1 is 0.923 bits per heavy atom. The zero-order valence-corrected chi connectivity index (χ0v) is 22.7. The van der Waals surface area contributed by atoms with Gasteiger partial charge in [-0.1, -0.05) is 54.6 Å². The summed E-state index contributed by atoms with van der Waals surface area (Å²) in [6.45, 7) is 0. The minimum atomic E-state index is -5.40. The number of rotatable bonds is 7. The van der Waals surface area contributed by atoms with Crippen LogP contribution in [-0.2, 0) is 21.1 Å². The van der Waals surface area contributed by atoms with Gasteiger partial charge in [0.1, 0.15) is 4.99 Å².